The van der Waals surface area contributed by atoms with E-state index in [1.54, 1.807) is 6.33 Å². The summed E-state index contributed by atoms with van der Waals surface area (Å²) >= 11 is 0. The zero-order chi connectivity index (χ0) is 9.42. The molecule has 1 heterocycles. The molecule has 0 bridgehead atoms. The maximum absolute atomic E-state index is 9.50. The first-order valence-corrected chi connectivity index (χ1v) is 4.77. The maximum Gasteiger partial charge on any atom is 0.138 e. The molecule has 1 N–H and O–H groups in total. The molecule has 0 saturated heterocycles. The molecular formula is C9H15N3O. The van der Waals surface area contributed by atoms with Gasteiger partial charge < -0.3 is 5.11 Å². The smallest absolute Gasteiger partial charge is 0.138 e. The van der Waals surface area contributed by atoms with Crippen LogP contribution < -0.4 is 0 Å². The van der Waals surface area contributed by atoms with Crippen LogP contribution in [0.4, 0.5) is 0 Å². The van der Waals surface area contributed by atoms with E-state index in [9.17, 15) is 5.11 Å². The van der Waals surface area contributed by atoms with Crippen molar-refractivity contribution in [2.24, 2.45) is 0 Å². The Labute approximate surface area is 77.6 Å². The number of hydrogen-bond acceptors (Lipinski definition) is 3. The average molecular weight is 181 g/mol. The Hall–Kier alpha value is -0.900. The van der Waals surface area contributed by atoms with E-state index in [2.05, 4.69) is 23.9 Å². The fourth-order valence-electron chi connectivity index (χ4n) is 1.71. The molecule has 1 aliphatic rings. The third-order valence-electron chi connectivity index (χ3n) is 2.66. The SMILES string of the molecule is CC(C)n1ncnc1C1CCC1O. The first-order chi connectivity index (χ1) is 6.20. The molecule has 4 nitrogen and oxygen atoms in total. The van der Waals surface area contributed by atoms with Gasteiger partial charge in [-0.1, -0.05) is 0 Å². The summed E-state index contributed by atoms with van der Waals surface area (Å²) in [6.45, 7) is 4.15. The normalized spacial score (nSPS) is 27.7. The van der Waals surface area contributed by atoms with E-state index >= 15 is 0 Å². The molecule has 0 amide bonds. The van der Waals surface area contributed by atoms with Crippen LogP contribution in [0.15, 0.2) is 6.33 Å². The Kier molecular flexibility index (Phi) is 2.07. The summed E-state index contributed by atoms with van der Waals surface area (Å²) in [5.74, 6) is 1.15. The number of aliphatic hydroxyl groups is 1. The van der Waals surface area contributed by atoms with Gasteiger partial charge in [-0.05, 0) is 26.7 Å². The number of rotatable bonds is 2. The van der Waals surface area contributed by atoms with Crippen LogP contribution in [0.2, 0.25) is 0 Å². The van der Waals surface area contributed by atoms with Crippen molar-refractivity contribution in [3.05, 3.63) is 12.2 Å². The van der Waals surface area contributed by atoms with E-state index in [0.717, 1.165) is 18.7 Å². The first-order valence-electron chi connectivity index (χ1n) is 4.77. The standard InChI is InChI=1S/C9H15N3O/c1-6(2)12-9(10-5-11-12)7-3-4-8(7)13/h5-8,13H,3-4H2,1-2H3. The second-order valence-corrected chi connectivity index (χ2v) is 3.91. The topological polar surface area (TPSA) is 50.9 Å². The Morgan fingerprint density at radius 1 is 1.54 bits per heavy atom. The Balaban J connectivity index is 2.24. The van der Waals surface area contributed by atoms with E-state index in [-0.39, 0.29) is 12.0 Å². The summed E-state index contributed by atoms with van der Waals surface area (Å²) in [6.07, 6.45) is 3.30. The van der Waals surface area contributed by atoms with Gasteiger partial charge in [0.2, 0.25) is 0 Å². The predicted octanol–water partition coefficient (Wildman–Crippen LogP) is 1.10. The second-order valence-electron chi connectivity index (χ2n) is 3.91. The largest absolute Gasteiger partial charge is 0.392 e. The molecule has 1 aromatic rings. The van der Waals surface area contributed by atoms with Crippen molar-refractivity contribution in [1.82, 2.24) is 14.8 Å². The molecule has 1 aliphatic carbocycles. The van der Waals surface area contributed by atoms with Gasteiger partial charge in [0.05, 0.1) is 6.10 Å². The summed E-state index contributed by atoms with van der Waals surface area (Å²) in [6, 6.07) is 0.324. The van der Waals surface area contributed by atoms with Crippen LogP contribution in [0.5, 0.6) is 0 Å². The minimum absolute atomic E-state index is 0.207. The number of nitrogens with zero attached hydrogens (tertiary/aromatic N) is 3. The van der Waals surface area contributed by atoms with Crippen LogP contribution in [0.3, 0.4) is 0 Å². The minimum atomic E-state index is -0.207. The van der Waals surface area contributed by atoms with E-state index in [4.69, 9.17) is 0 Å². The maximum atomic E-state index is 9.50. The van der Waals surface area contributed by atoms with Crippen molar-refractivity contribution in [2.75, 3.05) is 0 Å². The molecule has 0 aliphatic heterocycles. The van der Waals surface area contributed by atoms with Gasteiger partial charge >= 0.3 is 0 Å². The van der Waals surface area contributed by atoms with Crippen molar-refractivity contribution in [3.8, 4) is 0 Å². The highest BCUT2D eigenvalue weighted by Gasteiger charge is 2.34. The van der Waals surface area contributed by atoms with Gasteiger partial charge in [0.15, 0.2) is 0 Å². The second kappa shape index (κ2) is 3.10. The van der Waals surface area contributed by atoms with Crippen molar-refractivity contribution >= 4 is 0 Å². The third-order valence-corrected chi connectivity index (χ3v) is 2.66. The molecule has 1 fully saturated rings. The zero-order valence-electron chi connectivity index (χ0n) is 8.01. The summed E-state index contributed by atoms with van der Waals surface area (Å²) in [5, 5.41) is 13.7. The molecular weight excluding hydrogens is 166 g/mol. The Morgan fingerprint density at radius 3 is 2.77 bits per heavy atom. The molecule has 2 unspecified atom stereocenters. The van der Waals surface area contributed by atoms with Crippen LogP contribution in [-0.4, -0.2) is 26.0 Å². The van der Waals surface area contributed by atoms with Gasteiger partial charge in [-0.15, -0.1) is 0 Å². The van der Waals surface area contributed by atoms with Crippen LogP contribution in [0.25, 0.3) is 0 Å². The zero-order valence-corrected chi connectivity index (χ0v) is 8.01. The highest BCUT2D eigenvalue weighted by atomic mass is 16.3. The molecule has 0 radical (unpaired) electrons. The number of hydrogen-bond donors (Lipinski definition) is 1. The molecule has 72 valence electrons. The molecule has 2 atom stereocenters. The summed E-state index contributed by atoms with van der Waals surface area (Å²) < 4.78 is 1.90. The highest BCUT2D eigenvalue weighted by molar-refractivity contribution is 5.05. The predicted molar refractivity (Wildman–Crippen MR) is 48.4 cm³/mol. The van der Waals surface area contributed by atoms with Crippen molar-refractivity contribution < 1.29 is 5.11 Å². The first kappa shape index (κ1) is 8.69. The van der Waals surface area contributed by atoms with Gasteiger partial charge in [-0.25, -0.2) is 9.67 Å². The van der Waals surface area contributed by atoms with E-state index in [1.165, 1.54) is 0 Å². The van der Waals surface area contributed by atoms with E-state index < -0.39 is 0 Å². The van der Waals surface area contributed by atoms with Crippen molar-refractivity contribution in [1.29, 1.82) is 0 Å². The van der Waals surface area contributed by atoms with E-state index in [1.807, 2.05) is 4.68 Å². The monoisotopic (exact) mass is 181 g/mol. The Morgan fingerprint density at radius 2 is 2.31 bits per heavy atom. The number of aliphatic hydroxyl groups excluding tert-OH is 1. The molecule has 1 saturated carbocycles. The highest BCUT2D eigenvalue weighted by Crippen LogP contribution is 2.36. The van der Waals surface area contributed by atoms with Crippen molar-refractivity contribution in [2.45, 2.75) is 44.8 Å². The van der Waals surface area contributed by atoms with E-state index in [0.29, 0.717) is 6.04 Å². The summed E-state index contributed by atoms with van der Waals surface area (Å²) in [5.41, 5.74) is 0. The minimum Gasteiger partial charge on any atom is -0.392 e. The molecule has 0 aromatic carbocycles. The van der Waals surface area contributed by atoms with Crippen LogP contribution in [0.1, 0.15) is 44.5 Å². The van der Waals surface area contributed by atoms with Gasteiger partial charge in [0, 0.05) is 12.0 Å². The molecule has 13 heavy (non-hydrogen) atoms. The fourth-order valence-corrected chi connectivity index (χ4v) is 1.71. The quantitative estimate of drug-likeness (QED) is 0.743. The van der Waals surface area contributed by atoms with Gasteiger partial charge in [0.1, 0.15) is 12.2 Å². The van der Waals surface area contributed by atoms with Gasteiger partial charge in [-0.2, -0.15) is 5.10 Å². The average Bonchev–Trinajstić information content (AvgIpc) is 2.50. The molecule has 1 aromatic heterocycles. The van der Waals surface area contributed by atoms with Crippen LogP contribution >= 0.6 is 0 Å². The summed E-state index contributed by atoms with van der Waals surface area (Å²) in [7, 11) is 0. The van der Waals surface area contributed by atoms with Crippen LogP contribution in [-0.2, 0) is 0 Å². The molecule has 4 heteroatoms. The molecule has 0 spiro atoms. The lowest BCUT2D eigenvalue weighted by molar-refractivity contribution is 0.0594. The summed E-state index contributed by atoms with van der Waals surface area (Å²) in [4.78, 5) is 4.20. The lowest BCUT2D eigenvalue weighted by Gasteiger charge is -2.32. The lowest BCUT2D eigenvalue weighted by atomic mass is 9.81. The number of aromatic nitrogens is 3. The molecule has 2 rings (SSSR count). The lowest BCUT2D eigenvalue weighted by Crippen LogP contribution is -2.31. The van der Waals surface area contributed by atoms with Gasteiger partial charge in [0.25, 0.3) is 0 Å². The Bertz CT molecular complexity index is 295. The fraction of sp³-hybridized carbons (Fsp3) is 0.778. The van der Waals surface area contributed by atoms with Gasteiger partial charge in [-0.3, -0.25) is 0 Å². The van der Waals surface area contributed by atoms with Crippen LogP contribution in [0, 0.1) is 0 Å². The van der Waals surface area contributed by atoms with Crippen molar-refractivity contribution in [3.63, 3.8) is 0 Å². The third kappa shape index (κ3) is 1.35.